The van der Waals surface area contributed by atoms with Gasteiger partial charge >= 0.3 is 0 Å². The van der Waals surface area contributed by atoms with Crippen molar-refractivity contribution in [2.75, 3.05) is 0 Å². The highest BCUT2D eigenvalue weighted by atomic mass is 16.4. The summed E-state index contributed by atoms with van der Waals surface area (Å²) >= 11 is 0. The second-order valence-electron chi connectivity index (χ2n) is 4.86. The van der Waals surface area contributed by atoms with Crippen LogP contribution in [-0.2, 0) is 0 Å². The van der Waals surface area contributed by atoms with Crippen LogP contribution in [0.15, 0.2) is 70.3 Å². The molecule has 7 heteroatoms. The Balaban J connectivity index is 1.61. The summed E-state index contributed by atoms with van der Waals surface area (Å²) in [6, 6.07) is 6.98. The lowest BCUT2D eigenvalue weighted by molar-refractivity contribution is 0.0985. The monoisotopic (exact) mass is 318 g/mol. The molecule has 0 aliphatic heterocycles. The maximum Gasteiger partial charge on any atom is 0.266 e. The molecule has 0 radical (unpaired) electrons. The summed E-state index contributed by atoms with van der Waals surface area (Å²) in [5.41, 5.74) is 1.47. The number of nitrogens with zero attached hydrogens (tertiary/aromatic N) is 4. The van der Waals surface area contributed by atoms with Gasteiger partial charge in [0.05, 0.1) is 12.4 Å². The Morgan fingerprint density at radius 2 is 1.12 bits per heavy atom. The smallest absolute Gasteiger partial charge is 0.266 e. The molecule has 4 aromatic heterocycles. The molecule has 0 aliphatic rings. The summed E-state index contributed by atoms with van der Waals surface area (Å²) in [6.45, 7) is 0. The lowest BCUT2D eigenvalue weighted by Crippen LogP contribution is -1.97. The predicted octanol–water partition coefficient (Wildman–Crippen LogP) is 3.02. The van der Waals surface area contributed by atoms with E-state index >= 15 is 0 Å². The zero-order valence-electron chi connectivity index (χ0n) is 12.3. The second-order valence-corrected chi connectivity index (χ2v) is 4.86. The van der Waals surface area contributed by atoms with Crippen LogP contribution in [0.5, 0.6) is 0 Å². The van der Waals surface area contributed by atoms with Crippen molar-refractivity contribution in [2.45, 2.75) is 0 Å². The molecule has 4 aromatic rings. The van der Waals surface area contributed by atoms with Crippen LogP contribution in [0.4, 0.5) is 0 Å². The Morgan fingerprint density at radius 1 is 0.708 bits per heavy atom. The van der Waals surface area contributed by atoms with Crippen LogP contribution < -0.4 is 0 Å². The number of oxazole rings is 2. The lowest BCUT2D eigenvalue weighted by Gasteiger charge is -1.94. The van der Waals surface area contributed by atoms with Crippen LogP contribution >= 0.6 is 0 Å². The summed E-state index contributed by atoms with van der Waals surface area (Å²) in [4.78, 5) is 28.5. The zero-order chi connectivity index (χ0) is 16.4. The van der Waals surface area contributed by atoms with Gasteiger partial charge in [-0.2, -0.15) is 0 Å². The van der Waals surface area contributed by atoms with E-state index in [2.05, 4.69) is 19.9 Å². The third-order valence-corrected chi connectivity index (χ3v) is 3.31. The average Bonchev–Trinajstić information content (AvgIpc) is 3.33. The van der Waals surface area contributed by atoms with E-state index in [9.17, 15) is 4.79 Å². The number of ketones is 1. The minimum absolute atomic E-state index is 0.0826. The predicted molar refractivity (Wildman–Crippen MR) is 82.9 cm³/mol. The van der Waals surface area contributed by atoms with Gasteiger partial charge in [-0.1, -0.05) is 0 Å². The van der Waals surface area contributed by atoms with E-state index in [4.69, 9.17) is 8.83 Å². The quantitative estimate of drug-likeness (QED) is 0.534. The van der Waals surface area contributed by atoms with Crippen LogP contribution in [0.2, 0.25) is 0 Å². The minimum atomic E-state index is -0.421. The molecule has 0 saturated carbocycles. The van der Waals surface area contributed by atoms with Crippen molar-refractivity contribution in [3.63, 3.8) is 0 Å². The van der Waals surface area contributed by atoms with Crippen molar-refractivity contribution >= 4 is 5.78 Å². The number of pyridine rings is 2. The van der Waals surface area contributed by atoms with Crippen molar-refractivity contribution in [2.24, 2.45) is 0 Å². The topological polar surface area (TPSA) is 94.9 Å². The van der Waals surface area contributed by atoms with Crippen molar-refractivity contribution in [3.05, 3.63) is 73.0 Å². The first-order valence-electron chi connectivity index (χ1n) is 7.08. The summed E-state index contributed by atoms with van der Waals surface area (Å²) in [5, 5.41) is 0. The first-order chi connectivity index (χ1) is 11.8. The van der Waals surface area contributed by atoms with Gasteiger partial charge in [0.25, 0.3) is 5.78 Å². The van der Waals surface area contributed by atoms with Crippen molar-refractivity contribution < 1.29 is 13.6 Å². The molecule has 116 valence electrons. The Hall–Kier alpha value is -3.61. The molecule has 0 amide bonds. The van der Waals surface area contributed by atoms with E-state index in [-0.39, 0.29) is 11.5 Å². The van der Waals surface area contributed by atoms with Crippen LogP contribution in [0.3, 0.4) is 0 Å². The molecule has 4 rings (SSSR count). The number of hydrogen-bond donors (Lipinski definition) is 0. The molecule has 0 fully saturated rings. The highest BCUT2D eigenvalue weighted by Gasteiger charge is 2.20. The van der Waals surface area contributed by atoms with Crippen LogP contribution in [-0.4, -0.2) is 25.7 Å². The molecule has 0 saturated heterocycles. The summed E-state index contributed by atoms with van der Waals surface area (Å²) in [6.07, 6.45) is 9.23. The molecule has 4 heterocycles. The molecule has 0 aromatic carbocycles. The highest BCUT2D eigenvalue weighted by Crippen LogP contribution is 2.22. The number of carbonyl (C=O) groups is 1. The van der Waals surface area contributed by atoms with Crippen molar-refractivity contribution in [1.82, 2.24) is 19.9 Å². The van der Waals surface area contributed by atoms with Gasteiger partial charge in [-0.25, -0.2) is 9.97 Å². The van der Waals surface area contributed by atoms with Gasteiger partial charge in [-0.3, -0.25) is 14.8 Å². The maximum atomic E-state index is 12.4. The lowest BCUT2D eigenvalue weighted by atomic mass is 10.3. The van der Waals surface area contributed by atoms with E-state index in [1.54, 1.807) is 49.1 Å². The fourth-order valence-electron chi connectivity index (χ4n) is 2.14. The van der Waals surface area contributed by atoms with Gasteiger partial charge in [0, 0.05) is 35.9 Å². The first-order valence-corrected chi connectivity index (χ1v) is 7.08. The van der Waals surface area contributed by atoms with Gasteiger partial charge in [-0.05, 0) is 24.3 Å². The van der Waals surface area contributed by atoms with E-state index < -0.39 is 5.78 Å². The molecule has 0 spiro atoms. The van der Waals surface area contributed by atoms with Crippen LogP contribution in [0.1, 0.15) is 16.3 Å². The van der Waals surface area contributed by atoms with Crippen LogP contribution in [0, 0.1) is 0 Å². The summed E-state index contributed by atoms with van der Waals surface area (Å²) in [7, 11) is 0. The number of aromatic nitrogens is 4. The number of hydrogen-bond acceptors (Lipinski definition) is 7. The van der Waals surface area contributed by atoms with Crippen molar-refractivity contribution in [3.8, 4) is 22.9 Å². The summed E-state index contributed by atoms with van der Waals surface area (Å²) in [5.74, 6) is 0.429. The maximum absolute atomic E-state index is 12.4. The molecule has 24 heavy (non-hydrogen) atoms. The van der Waals surface area contributed by atoms with Gasteiger partial charge in [0.2, 0.25) is 11.8 Å². The molecule has 0 atom stereocenters. The SMILES string of the molecule is O=C(c1cnc(-c2ccncc2)o1)c1cnc(-c2ccncc2)o1. The molecule has 0 N–H and O–H groups in total. The Labute approximate surface area is 136 Å². The van der Waals surface area contributed by atoms with Gasteiger partial charge in [0.1, 0.15) is 0 Å². The highest BCUT2D eigenvalue weighted by molar-refractivity contribution is 6.05. The fraction of sp³-hybridized carbons (Fsp3) is 0. The minimum Gasteiger partial charge on any atom is -0.432 e. The first kappa shape index (κ1) is 14.0. The average molecular weight is 318 g/mol. The molecule has 7 nitrogen and oxygen atoms in total. The van der Waals surface area contributed by atoms with Gasteiger partial charge < -0.3 is 8.83 Å². The fourth-order valence-corrected chi connectivity index (χ4v) is 2.14. The Bertz CT molecular complexity index is 898. The number of carbonyl (C=O) groups excluding carboxylic acids is 1. The van der Waals surface area contributed by atoms with Crippen molar-refractivity contribution in [1.29, 1.82) is 0 Å². The van der Waals surface area contributed by atoms with Gasteiger partial charge in [0.15, 0.2) is 11.5 Å². The van der Waals surface area contributed by atoms with E-state index in [0.29, 0.717) is 11.8 Å². The molecular formula is C17H10N4O3. The molecule has 0 unspecified atom stereocenters. The Morgan fingerprint density at radius 3 is 1.54 bits per heavy atom. The normalized spacial score (nSPS) is 10.7. The zero-order valence-corrected chi connectivity index (χ0v) is 12.3. The Kier molecular flexibility index (Phi) is 3.43. The van der Waals surface area contributed by atoms with Crippen LogP contribution in [0.25, 0.3) is 22.9 Å². The number of rotatable bonds is 4. The van der Waals surface area contributed by atoms with E-state index in [0.717, 1.165) is 11.1 Å². The molecule has 0 bridgehead atoms. The molecule has 0 aliphatic carbocycles. The van der Waals surface area contributed by atoms with E-state index in [1.807, 2.05) is 0 Å². The van der Waals surface area contributed by atoms with E-state index in [1.165, 1.54) is 12.4 Å². The molecular weight excluding hydrogens is 308 g/mol. The standard InChI is InChI=1S/C17H10N4O3/c22-15(13-9-20-16(23-13)11-1-5-18-6-2-11)14-10-21-17(24-14)12-3-7-19-8-4-12/h1-10H. The second kappa shape index (κ2) is 5.88. The largest absolute Gasteiger partial charge is 0.432 e. The third-order valence-electron chi connectivity index (χ3n) is 3.31. The summed E-state index contributed by atoms with van der Waals surface area (Å²) < 4.78 is 11.0. The van der Waals surface area contributed by atoms with Gasteiger partial charge in [-0.15, -0.1) is 0 Å². The third kappa shape index (κ3) is 2.58.